The smallest absolute Gasteiger partial charge is 0.174 e. The van der Waals surface area contributed by atoms with E-state index in [1.165, 1.54) is 0 Å². The Hall–Kier alpha value is -2.60. The summed E-state index contributed by atoms with van der Waals surface area (Å²) in [6, 6.07) is 9.65. The lowest BCUT2D eigenvalue weighted by Crippen LogP contribution is -2.38. The van der Waals surface area contributed by atoms with E-state index in [0.717, 1.165) is 54.7 Å². The van der Waals surface area contributed by atoms with Crippen molar-refractivity contribution < 1.29 is 4.74 Å². The second kappa shape index (κ2) is 8.19. The first-order chi connectivity index (χ1) is 13.6. The maximum absolute atomic E-state index is 6.19. The summed E-state index contributed by atoms with van der Waals surface area (Å²) in [5.41, 5.74) is 2.02. The largest absolute Gasteiger partial charge is 0.492 e. The minimum absolute atomic E-state index is 0.421. The van der Waals surface area contributed by atoms with Crippen LogP contribution in [0.25, 0.3) is 5.82 Å². The van der Waals surface area contributed by atoms with E-state index in [1.807, 2.05) is 55.1 Å². The molecule has 0 bridgehead atoms. The normalized spacial score (nSPS) is 17.0. The van der Waals surface area contributed by atoms with Crippen LogP contribution in [0.5, 0.6) is 5.75 Å². The van der Waals surface area contributed by atoms with Crippen LogP contribution >= 0.6 is 11.6 Å². The lowest BCUT2D eigenvalue weighted by molar-refractivity contribution is 0.228. The van der Waals surface area contributed by atoms with Gasteiger partial charge in [-0.15, -0.1) is 0 Å². The fraction of sp³-hybridized carbons (Fsp3) is 0.381. The van der Waals surface area contributed by atoms with Crippen LogP contribution in [-0.2, 0) is 0 Å². The minimum atomic E-state index is 0.421. The van der Waals surface area contributed by atoms with Crippen molar-refractivity contribution in [2.75, 3.05) is 24.6 Å². The lowest BCUT2D eigenvalue weighted by Gasteiger charge is -2.33. The number of benzene rings is 1. The summed E-state index contributed by atoms with van der Waals surface area (Å²) < 4.78 is 7.80. The molecule has 2 aromatic heterocycles. The highest BCUT2D eigenvalue weighted by Gasteiger charge is 2.22. The first kappa shape index (κ1) is 18.7. The molecule has 4 rings (SSSR count). The van der Waals surface area contributed by atoms with Gasteiger partial charge in [0.15, 0.2) is 5.82 Å². The van der Waals surface area contributed by atoms with Gasteiger partial charge in [-0.2, -0.15) is 5.10 Å². The molecule has 0 aliphatic carbocycles. The van der Waals surface area contributed by atoms with Crippen molar-refractivity contribution in [1.82, 2.24) is 19.7 Å². The fourth-order valence-electron chi connectivity index (χ4n) is 3.64. The summed E-state index contributed by atoms with van der Waals surface area (Å²) in [7, 11) is 0. The van der Waals surface area contributed by atoms with Gasteiger partial charge in [-0.05, 0) is 44.9 Å². The van der Waals surface area contributed by atoms with Gasteiger partial charge >= 0.3 is 0 Å². The highest BCUT2D eigenvalue weighted by Crippen LogP contribution is 2.26. The number of aromatic nitrogens is 4. The molecule has 0 amide bonds. The van der Waals surface area contributed by atoms with Crippen molar-refractivity contribution >= 4 is 17.4 Å². The topological polar surface area (TPSA) is 56.1 Å². The van der Waals surface area contributed by atoms with Gasteiger partial charge < -0.3 is 9.64 Å². The summed E-state index contributed by atoms with van der Waals surface area (Å²) >= 11 is 6.19. The Kier molecular flexibility index (Phi) is 5.48. The second-order valence-corrected chi connectivity index (χ2v) is 7.68. The Balaban J connectivity index is 1.45. The summed E-state index contributed by atoms with van der Waals surface area (Å²) in [5.74, 6) is 2.79. The van der Waals surface area contributed by atoms with Crippen LogP contribution in [0.15, 0.2) is 42.7 Å². The molecule has 6 nitrogen and oxygen atoms in total. The number of rotatable bonds is 5. The van der Waals surface area contributed by atoms with Gasteiger partial charge in [-0.1, -0.05) is 23.7 Å². The number of anilines is 1. The Labute approximate surface area is 170 Å². The number of ether oxygens (including phenoxy) is 1. The van der Waals surface area contributed by atoms with Crippen molar-refractivity contribution in [3.05, 3.63) is 59.1 Å². The van der Waals surface area contributed by atoms with Crippen molar-refractivity contribution in [1.29, 1.82) is 0 Å². The highest BCUT2D eigenvalue weighted by atomic mass is 35.5. The number of hydrogen-bond donors (Lipinski definition) is 0. The molecule has 7 heteroatoms. The van der Waals surface area contributed by atoms with E-state index in [4.69, 9.17) is 21.3 Å². The molecule has 0 N–H and O–H groups in total. The van der Waals surface area contributed by atoms with Gasteiger partial charge in [0.25, 0.3) is 0 Å². The van der Waals surface area contributed by atoms with Crippen LogP contribution < -0.4 is 9.64 Å². The van der Waals surface area contributed by atoms with Crippen molar-refractivity contribution in [3.63, 3.8) is 0 Å². The number of hydrogen-bond acceptors (Lipinski definition) is 5. The zero-order valence-corrected chi connectivity index (χ0v) is 16.9. The van der Waals surface area contributed by atoms with Gasteiger partial charge in [0.1, 0.15) is 11.6 Å². The van der Waals surface area contributed by atoms with E-state index in [1.54, 1.807) is 6.20 Å². The molecule has 3 aromatic rings. The van der Waals surface area contributed by atoms with Crippen LogP contribution in [-0.4, -0.2) is 39.4 Å². The number of para-hydroxylation sites is 1. The molecule has 1 atom stereocenters. The average Bonchev–Trinajstić information content (AvgIpc) is 3.06. The molecule has 0 spiro atoms. The predicted molar refractivity (Wildman–Crippen MR) is 111 cm³/mol. The maximum Gasteiger partial charge on any atom is 0.174 e. The van der Waals surface area contributed by atoms with Crippen LogP contribution in [0, 0.1) is 19.8 Å². The third kappa shape index (κ3) is 4.12. The number of piperidine rings is 1. The highest BCUT2D eigenvalue weighted by molar-refractivity contribution is 6.32. The third-order valence-corrected chi connectivity index (χ3v) is 5.30. The van der Waals surface area contributed by atoms with Gasteiger partial charge in [0.05, 0.1) is 29.7 Å². The van der Waals surface area contributed by atoms with E-state index in [2.05, 4.69) is 15.0 Å². The molecule has 1 aromatic carbocycles. The molecule has 1 aliphatic heterocycles. The Morgan fingerprint density at radius 1 is 1.18 bits per heavy atom. The third-order valence-electron chi connectivity index (χ3n) is 4.99. The van der Waals surface area contributed by atoms with Crippen LogP contribution in [0.4, 0.5) is 5.82 Å². The monoisotopic (exact) mass is 397 g/mol. The molecule has 28 heavy (non-hydrogen) atoms. The summed E-state index contributed by atoms with van der Waals surface area (Å²) in [6.07, 6.45) is 5.81. The van der Waals surface area contributed by atoms with Crippen LogP contribution in [0.1, 0.15) is 24.2 Å². The van der Waals surface area contributed by atoms with Crippen molar-refractivity contribution in [2.24, 2.45) is 5.92 Å². The average molecular weight is 398 g/mol. The molecule has 3 heterocycles. The number of nitrogens with zero attached hydrogens (tertiary/aromatic N) is 5. The fourth-order valence-corrected chi connectivity index (χ4v) is 3.83. The Bertz CT molecular complexity index is 957. The molecule has 146 valence electrons. The summed E-state index contributed by atoms with van der Waals surface area (Å²) in [5, 5.41) is 5.17. The van der Waals surface area contributed by atoms with Crippen molar-refractivity contribution in [2.45, 2.75) is 26.7 Å². The molecule has 0 saturated carbocycles. The van der Waals surface area contributed by atoms with Gasteiger partial charge in [0, 0.05) is 24.7 Å². The lowest BCUT2D eigenvalue weighted by atomic mass is 9.99. The number of aryl methyl sites for hydroxylation is 2. The zero-order chi connectivity index (χ0) is 19.5. The second-order valence-electron chi connectivity index (χ2n) is 7.27. The summed E-state index contributed by atoms with van der Waals surface area (Å²) in [6.45, 7) is 6.51. The first-order valence-corrected chi connectivity index (χ1v) is 9.96. The predicted octanol–water partition coefficient (Wildman–Crippen LogP) is 4.23. The molecule has 1 saturated heterocycles. The van der Waals surface area contributed by atoms with Gasteiger partial charge in [-0.3, -0.25) is 4.98 Å². The molecule has 1 unspecified atom stereocenters. The van der Waals surface area contributed by atoms with E-state index in [9.17, 15) is 0 Å². The molecule has 0 radical (unpaired) electrons. The van der Waals surface area contributed by atoms with E-state index < -0.39 is 0 Å². The van der Waals surface area contributed by atoms with E-state index in [-0.39, 0.29) is 0 Å². The molecule has 1 fully saturated rings. The molecular weight excluding hydrogens is 374 g/mol. The number of halogens is 1. The quantitative estimate of drug-likeness (QED) is 0.644. The first-order valence-electron chi connectivity index (χ1n) is 9.58. The SMILES string of the molecule is Cc1cc(C)n(-c2cncc(N3CCCC(COc4ccccc4Cl)C3)n2)n1. The van der Waals surface area contributed by atoms with Gasteiger partial charge in [0.2, 0.25) is 0 Å². The van der Waals surface area contributed by atoms with Crippen LogP contribution in [0.2, 0.25) is 5.02 Å². The minimum Gasteiger partial charge on any atom is -0.492 e. The van der Waals surface area contributed by atoms with E-state index >= 15 is 0 Å². The van der Waals surface area contributed by atoms with E-state index in [0.29, 0.717) is 17.5 Å². The molecular formula is C21H24ClN5O. The molecule has 1 aliphatic rings. The van der Waals surface area contributed by atoms with Crippen LogP contribution in [0.3, 0.4) is 0 Å². The Morgan fingerprint density at radius 3 is 2.79 bits per heavy atom. The zero-order valence-electron chi connectivity index (χ0n) is 16.2. The summed E-state index contributed by atoms with van der Waals surface area (Å²) in [4.78, 5) is 11.5. The van der Waals surface area contributed by atoms with Gasteiger partial charge in [-0.25, -0.2) is 9.67 Å². The Morgan fingerprint density at radius 2 is 2.00 bits per heavy atom. The maximum atomic E-state index is 6.19. The van der Waals surface area contributed by atoms with Crippen molar-refractivity contribution in [3.8, 4) is 11.6 Å². The standard InChI is InChI=1S/C21H24ClN5O/c1-15-10-16(2)27(25-15)21-12-23-11-20(24-21)26-9-5-6-17(13-26)14-28-19-8-4-3-7-18(19)22/h3-4,7-8,10-12,17H,5-6,9,13-14H2,1-2H3.